The van der Waals surface area contributed by atoms with Gasteiger partial charge in [-0.2, -0.15) is 0 Å². The number of alkyl halides is 1. The fourth-order valence-corrected chi connectivity index (χ4v) is 1.73. The maximum Gasteiger partial charge on any atom is 0.119 e. The van der Waals surface area contributed by atoms with Gasteiger partial charge in [0.15, 0.2) is 0 Å². The fourth-order valence-electron chi connectivity index (χ4n) is 1.22. The zero-order valence-corrected chi connectivity index (χ0v) is 10.8. The lowest BCUT2D eigenvalue weighted by Gasteiger charge is -2.05. The molecule has 0 amide bonds. The molecule has 0 radical (unpaired) electrons. The van der Waals surface area contributed by atoms with Gasteiger partial charge in [0.1, 0.15) is 5.75 Å². The van der Waals surface area contributed by atoms with E-state index in [1.807, 2.05) is 0 Å². The lowest BCUT2D eigenvalue weighted by Crippen LogP contribution is -1.96. The summed E-state index contributed by atoms with van der Waals surface area (Å²) in [5.41, 5.74) is 1.35. The molecule has 1 aromatic rings. The second-order valence-corrected chi connectivity index (χ2v) is 4.10. The minimum absolute atomic E-state index is 0.845. The van der Waals surface area contributed by atoms with Gasteiger partial charge in [-0.15, -0.1) is 0 Å². The highest BCUT2D eigenvalue weighted by molar-refractivity contribution is 14.1. The summed E-state index contributed by atoms with van der Waals surface area (Å²) in [4.78, 5) is 0. The maximum absolute atomic E-state index is 5.61. The van der Waals surface area contributed by atoms with Crippen molar-refractivity contribution in [1.29, 1.82) is 0 Å². The van der Waals surface area contributed by atoms with E-state index in [4.69, 9.17) is 4.74 Å². The van der Waals surface area contributed by atoms with Crippen LogP contribution in [0.4, 0.5) is 0 Å². The molecule has 0 aliphatic carbocycles. The third-order valence-electron chi connectivity index (χ3n) is 2.09. The molecule has 0 unspecified atom stereocenters. The summed E-state index contributed by atoms with van der Waals surface area (Å²) in [6.45, 7) is 3.05. The first kappa shape index (κ1) is 11.8. The van der Waals surface area contributed by atoms with Crippen LogP contribution in [0.15, 0.2) is 24.3 Å². The van der Waals surface area contributed by atoms with Crippen LogP contribution in [0.25, 0.3) is 0 Å². The number of unbranched alkanes of at least 4 members (excludes halogenated alkanes) is 2. The van der Waals surface area contributed by atoms with Gasteiger partial charge in [-0.25, -0.2) is 0 Å². The third-order valence-corrected chi connectivity index (χ3v) is 2.98. The van der Waals surface area contributed by atoms with Gasteiger partial charge in [0.05, 0.1) is 6.61 Å². The van der Waals surface area contributed by atoms with E-state index in [1.165, 1.54) is 18.4 Å². The zero-order valence-electron chi connectivity index (χ0n) is 8.63. The highest BCUT2D eigenvalue weighted by atomic mass is 127. The molecule has 0 bridgehead atoms. The molecule has 1 aromatic carbocycles. The average Bonchev–Trinajstić information content (AvgIpc) is 2.25. The van der Waals surface area contributed by atoms with Crippen LogP contribution in [0.3, 0.4) is 0 Å². The van der Waals surface area contributed by atoms with E-state index in [0.29, 0.717) is 0 Å². The summed E-state index contributed by atoms with van der Waals surface area (Å²) < 4.78 is 6.67. The number of hydrogen-bond donors (Lipinski definition) is 0. The van der Waals surface area contributed by atoms with Crippen LogP contribution in [0.1, 0.15) is 31.7 Å². The van der Waals surface area contributed by atoms with Crippen LogP contribution in [-0.2, 0) is 4.43 Å². The van der Waals surface area contributed by atoms with E-state index in [0.717, 1.165) is 23.2 Å². The Kier molecular flexibility index (Phi) is 5.99. The van der Waals surface area contributed by atoms with E-state index >= 15 is 0 Å². The third kappa shape index (κ3) is 4.31. The molecule has 0 N–H and O–H groups in total. The molecule has 0 aliphatic heterocycles. The molecule has 0 fully saturated rings. The molecule has 0 saturated heterocycles. The van der Waals surface area contributed by atoms with Crippen LogP contribution >= 0.6 is 22.6 Å². The van der Waals surface area contributed by atoms with E-state index in [-0.39, 0.29) is 0 Å². The van der Waals surface area contributed by atoms with Crippen LogP contribution in [0, 0.1) is 0 Å². The number of ether oxygens (including phenoxy) is 1. The van der Waals surface area contributed by atoms with Crippen LogP contribution < -0.4 is 4.74 Å². The molecular weight excluding hydrogens is 287 g/mol. The predicted molar refractivity (Wildman–Crippen MR) is 69.2 cm³/mol. The number of halogens is 1. The van der Waals surface area contributed by atoms with Crippen molar-refractivity contribution in [2.24, 2.45) is 0 Å². The first-order chi connectivity index (χ1) is 6.86. The normalized spacial score (nSPS) is 10.1. The van der Waals surface area contributed by atoms with Crippen molar-refractivity contribution < 1.29 is 4.74 Å². The van der Waals surface area contributed by atoms with Gasteiger partial charge in [-0.05, 0) is 24.1 Å². The van der Waals surface area contributed by atoms with Crippen molar-refractivity contribution in [3.8, 4) is 5.75 Å². The number of benzene rings is 1. The number of rotatable bonds is 6. The molecule has 2 heteroatoms. The van der Waals surface area contributed by atoms with Gasteiger partial charge in [-0.3, -0.25) is 0 Å². The van der Waals surface area contributed by atoms with Crippen molar-refractivity contribution in [3.63, 3.8) is 0 Å². The van der Waals surface area contributed by atoms with Crippen molar-refractivity contribution >= 4 is 22.6 Å². The minimum Gasteiger partial charge on any atom is -0.494 e. The molecule has 14 heavy (non-hydrogen) atoms. The lowest BCUT2D eigenvalue weighted by atomic mass is 10.2. The minimum atomic E-state index is 0.845. The monoisotopic (exact) mass is 304 g/mol. The summed E-state index contributed by atoms with van der Waals surface area (Å²) in [7, 11) is 0. The molecule has 1 nitrogen and oxygen atoms in total. The zero-order chi connectivity index (χ0) is 10.2. The van der Waals surface area contributed by atoms with E-state index in [2.05, 4.69) is 53.8 Å². The molecule has 0 spiro atoms. The van der Waals surface area contributed by atoms with Crippen molar-refractivity contribution in [2.75, 3.05) is 6.61 Å². The Balaban J connectivity index is 2.29. The topological polar surface area (TPSA) is 9.23 Å². The SMILES string of the molecule is CCCCCOc1ccc(CI)cc1. The Morgan fingerprint density at radius 3 is 2.43 bits per heavy atom. The summed E-state index contributed by atoms with van der Waals surface area (Å²) in [6, 6.07) is 8.36. The summed E-state index contributed by atoms with van der Waals surface area (Å²) >= 11 is 2.36. The highest BCUT2D eigenvalue weighted by Gasteiger charge is 1.94. The average molecular weight is 304 g/mol. The summed E-state index contributed by atoms with van der Waals surface area (Å²) in [5.74, 6) is 0.995. The van der Waals surface area contributed by atoms with Crippen LogP contribution in [0.5, 0.6) is 5.75 Å². The Labute approximate surface area is 100.0 Å². The summed E-state index contributed by atoms with van der Waals surface area (Å²) in [6.07, 6.45) is 3.66. The van der Waals surface area contributed by atoms with Crippen molar-refractivity contribution in [2.45, 2.75) is 30.6 Å². The molecule has 78 valence electrons. The van der Waals surface area contributed by atoms with Gasteiger partial charge >= 0.3 is 0 Å². The highest BCUT2D eigenvalue weighted by Crippen LogP contribution is 2.14. The Bertz CT molecular complexity index is 243. The standard InChI is InChI=1S/C12H17IO/c1-2-3-4-9-14-12-7-5-11(10-13)6-8-12/h5-8H,2-4,9-10H2,1H3. The Morgan fingerprint density at radius 2 is 1.86 bits per heavy atom. The molecule has 0 saturated carbocycles. The van der Waals surface area contributed by atoms with Gasteiger partial charge in [0, 0.05) is 4.43 Å². The Morgan fingerprint density at radius 1 is 1.14 bits per heavy atom. The molecule has 0 heterocycles. The van der Waals surface area contributed by atoms with E-state index in [1.54, 1.807) is 0 Å². The first-order valence-corrected chi connectivity index (χ1v) is 6.67. The van der Waals surface area contributed by atoms with Crippen molar-refractivity contribution in [3.05, 3.63) is 29.8 Å². The van der Waals surface area contributed by atoms with Crippen molar-refractivity contribution in [1.82, 2.24) is 0 Å². The Hall–Kier alpha value is -0.250. The van der Waals surface area contributed by atoms with Gasteiger partial charge in [0.25, 0.3) is 0 Å². The maximum atomic E-state index is 5.61. The van der Waals surface area contributed by atoms with E-state index in [9.17, 15) is 0 Å². The predicted octanol–water partition coefficient (Wildman–Crippen LogP) is 4.19. The second-order valence-electron chi connectivity index (χ2n) is 3.33. The fraction of sp³-hybridized carbons (Fsp3) is 0.500. The molecule has 0 aromatic heterocycles. The molecule has 0 aliphatic rings. The quantitative estimate of drug-likeness (QED) is 0.435. The van der Waals surface area contributed by atoms with Gasteiger partial charge in [0.2, 0.25) is 0 Å². The second kappa shape index (κ2) is 7.10. The van der Waals surface area contributed by atoms with Crippen LogP contribution in [0.2, 0.25) is 0 Å². The lowest BCUT2D eigenvalue weighted by molar-refractivity contribution is 0.306. The molecule has 0 atom stereocenters. The number of hydrogen-bond acceptors (Lipinski definition) is 1. The van der Waals surface area contributed by atoms with Gasteiger partial charge in [-0.1, -0.05) is 54.5 Å². The molecule has 1 rings (SSSR count). The smallest absolute Gasteiger partial charge is 0.119 e. The molecular formula is C12H17IO. The van der Waals surface area contributed by atoms with E-state index < -0.39 is 0 Å². The van der Waals surface area contributed by atoms with Gasteiger partial charge < -0.3 is 4.74 Å². The first-order valence-electron chi connectivity index (χ1n) is 5.14. The summed E-state index contributed by atoms with van der Waals surface area (Å²) in [5, 5.41) is 0. The largest absolute Gasteiger partial charge is 0.494 e. The van der Waals surface area contributed by atoms with Crippen LogP contribution in [-0.4, -0.2) is 6.61 Å².